The van der Waals surface area contributed by atoms with Crippen molar-refractivity contribution in [2.75, 3.05) is 38.1 Å². The molecule has 10 heteroatoms. The Balaban J connectivity index is 1.59. The van der Waals surface area contributed by atoms with Crippen molar-refractivity contribution in [1.82, 2.24) is 29.6 Å². The second-order valence-corrected chi connectivity index (χ2v) is 9.07. The summed E-state index contributed by atoms with van der Waals surface area (Å²) in [5.74, 6) is -2.62. The molecular formula is C20H22ClF2N7. The van der Waals surface area contributed by atoms with Crippen molar-refractivity contribution in [3.8, 4) is 5.82 Å². The van der Waals surface area contributed by atoms with Gasteiger partial charge in [0.15, 0.2) is 11.6 Å². The van der Waals surface area contributed by atoms with Crippen molar-refractivity contribution in [2.45, 2.75) is 26.2 Å². The van der Waals surface area contributed by atoms with Gasteiger partial charge in [-0.2, -0.15) is 8.78 Å². The number of alkyl halides is 2. The summed E-state index contributed by atoms with van der Waals surface area (Å²) in [6.07, 6.45) is 2.86. The summed E-state index contributed by atoms with van der Waals surface area (Å²) in [7, 11) is 2.14. The zero-order valence-corrected chi connectivity index (χ0v) is 17.8. The largest absolute Gasteiger partial charge is 0.353 e. The molecule has 2 saturated heterocycles. The van der Waals surface area contributed by atoms with Gasteiger partial charge in [-0.15, -0.1) is 5.10 Å². The van der Waals surface area contributed by atoms with Gasteiger partial charge in [-0.25, -0.2) is 19.6 Å². The Morgan fingerprint density at radius 1 is 1.17 bits per heavy atom. The third kappa shape index (κ3) is 3.20. The maximum Gasteiger partial charge on any atom is 0.303 e. The maximum atomic E-state index is 13.9. The van der Waals surface area contributed by atoms with E-state index in [4.69, 9.17) is 16.7 Å². The molecule has 5 heterocycles. The lowest BCUT2D eigenvalue weighted by Crippen LogP contribution is -2.57. The summed E-state index contributed by atoms with van der Waals surface area (Å²) in [5.41, 5.74) is 1.42. The first-order valence-electron chi connectivity index (χ1n) is 9.86. The normalized spacial score (nSPS) is 19.1. The van der Waals surface area contributed by atoms with Crippen LogP contribution >= 0.6 is 11.6 Å². The van der Waals surface area contributed by atoms with Gasteiger partial charge < -0.3 is 9.80 Å². The topological polar surface area (TPSA) is 63.0 Å². The summed E-state index contributed by atoms with van der Waals surface area (Å²) in [4.78, 5) is 16.8. The van der Waals surface area contributed by atoms with Crippen molar-refractivity contribution in [1.29, 1.82) is 0 Å². The molecule has 1 spiro atoms. The predicted molar refractivity (Wildman–Crippen MR) is 111 cm³/mol. The molecular weight excluding hydrogens is 412 g/mol. The molecule has 30 heavy (non-hydrogen) atoms. The fourth-order valence-electron chi connectivity index (χ4n) is 4.57. The van der Waals surface area contributed by atoms with Crippen LogP contribution in [0.1, 0.15) is 24.9 Å². The first-order chi connectivity index (χ1) is 14.1. The molecule has 0 bridgehead atoms. The Morgan fingerprint density at radius 2 is 1.93 bits per heavy atom. The van der Waals surface area contributed by atoms with E-state index in [1.165, 1.54) is 6.42 Å². The van der Waals surface area contributed by atoms with Crippen LogP contribution in [0.4, 0.5) is 14.6 Å². The Labute approximate surface area is 177 Å². The van der Waals surface area contributed by atoms with Gasteiger partial charge in [-0.05, 0) is 26.9 Å². The van der Waals surface area contributed by atoms with Crippen LogP contribution in [0.25, 0.3) is 16.7 Å². The molecule has 0 saturated carbocycles. The Bertz CT molecular complexity index is 1130. The highest BCUT2D eigenvalue weighted by Gasteiger charge is 2.48. The maximum absolute atomic E-state index is 13.9. The molecule has 0 aliphatic carbocycles. The zero-order valence-electron chi connectivity index (χ0n) is 17.0. The quantitative estimate of drug-likeness (QED) is 0.590. The molecule has 3 aromatic rings. The number of hydrogen-bond acceptors (Lipinski definition) is 6. The van der Waals surface area contributed by atoms with Crippen LogP contribution in [0.5, 0.6) is 0 Å². The number of aryl methyl sites for hydroxylation is 1. The zero-order chi connectivity index (χ0) is 21.3. The molecule has 3 aromatic heterocycles. The number of anilines is 1. The van der Waals surface area contributed by atoms with Crippen molar-refractivity contribution in [3.05, 3.63) is 35.0 Å². The van der Waals surface area contributed by atoms with Gasteiger partial charge in [0.1, 0.15) is 5.15 Å². The second kappa shape index (κ2) is 6.55. The fraction of sp³-hybridized carbons (Fsp3) is 0.500. The number of fused-ring (bicyclic) bond motifs is 1. The van der Waals surface area contributed by atoms with E-state index < -0.39 is 11.7 Å². The Morgan fingerprint density at radius 3 is 2.60 bits per heavy atom. The molecule has 0 N–H and O–H groups in total. The fourth-order valence-corrected chi connectivity index (χ4v) is 4.72. The summed E-state index contributed by atoms with van der Waals surface area (Å²) in [6, 6.07) is 3.33. The van der Waals surface area contributed by atoms with E-state index in [0.29, 0.717) is 21.8 Å². The van der Waals surface area contributed by atoms with Crippen LogP contribution in [-0.2, 0) is 5.92 Å². The van der Waals surface area contributed by atoms with E-state index in [-0.39, 0.29) is 5.82 Å². The van der Waals surface area contributed by atoms with Gasteiger partial charge in [0.25, 0.3) is 0 Å². The second-order valence-electron chi connectivity index (χ2n) is 8.68. The van der Waals surface area contributed by atoms with Crippen molar-refractivity contribution in [2.24, 2.45) is 5.41 Å². The number of likely N-dealkylation sites (tertiary alicyclic amines) is 1. The lowest BCUT2D eigenvalue weighted by Gasteiger charge is -2.48. The smallest absolute Gasteiger partial charge is 0.303 e. The van der Waals surface area contributed by atoms with Crippen LogP contribution in [-0.4, -0.2) is 62.9 Å². The molecule has 0 atom stereocenters. The van der Waals surface area contributed by atoms with Gasteiger partial charge in [-0.1, -0.05) is 11.6 Å². The molecule has 0 aromatic carbocycles. The third-order valence-electron chi connectivity index (χ3n) is 5.94. The van der Waals surface area contributed by atoms with Crippen LogP contribution in [0, 0.1) is 12.3 Å². The highest BCUT2D eigenvalue weighted by atomic mass is 35.5. The predicted octanol–water partition coefficient (Wildman–Crippen LogP) is 3.43. The third-order valence-corrected chi connectivity index (χ3v) is 6.15. The number of hydrogen-bond donors (Lipinski definition) is 0. The first kappa shape index (κ1) is 19.6. The SMILES string of the molecule is Cc1cc(-n2nc(N3CC4(CCN(C)C4)C3)c3cnc(Cl)cc32)nc(C(C)(F)F)n1. The molecule has 5 rings (SSSR count). The van der Waals surface area contributed by atoms with E-state index in [1.54, 1.807) is 29.9 Å². The van der Waals surface area contributed by atoms with Gasteiger partial charge in [0, 0.05) is 56.0 Å². The van der Waals surface area contributed by atoms with Crippen molar-refractivity contribution < 1.29 is 8.78 Å². The minimum atomic E-state index is -3.15. The van der Waals surface area contributed by atoms with E-state index in [2.05, 4.69) is 31.8 Å². The van der Waals surface area contributed by atoms with E-state index >= 15 is 0 Å². The minimum absolute atomic E-state index is 0.286. The summed E-state index contributed by atoms with van der Waals surface area (Å²) in [6.45, 7) is 6.45. The van der Waals surface area contributed by atoms with Crippen LogP contribution in [0.2, 0.25) is 5.15 Å². The minimum Gasteiger partial charge on any atom is -0.353 e. The monoisotopic (exact) mass is 433 g/mol. The first-order valence-corrected chi connectivity index (χ1v) is 10.2. The Kier molecular flexibility index (Phi) is 4.27. The lowest BCUT2D eigenvalue weighted by molar-refractivity contribution is 0.00747. The molecule has 7 nitrogen and oxygen atoms in total. The molecule has 158 valence electrons. The molecule has 0 radical (unpaired) electrons. The van der Waals surface area contributed by atoms with Gasteiger partial charge in [0.05, 0.1) is 10.9 Å². The average molecular weight is 434 g/mol. The van der Waals surface area contributed by atoms with E-state index in [9.17, 15) is 8.78 Å². The lowest BCUT2D eigenvalue weighted by atomic mass is 9.79. The number of rotatable bonds is 3. The van der Waals surface area contributed by atoms with Crippen LogP contribution in [0.3, 0.4) is 0 Å². The van der Waals surface area contributed by atoms with E-state index in [1.807, 2.05) is 0 Å². The summed E-state index contributed by atoms with van der Waals surface area (Å²) in [5, 5.41) is 5.88. The number of aromatic nitrogens is 5. The molecule has 0 amide bonds. The molecule has 2 aliphatic heterocycles. The molecule has 0 unspecified atom stereocenters. The highest BCUT2D eigenvalue weighted by Crippen LogP contribution is 2.43. The standard InChI is InChI=1S/C20H22ClF2N7/c1-12-6-16(26-18(25-12)19(2,22)23)30-14-7-15(21)24-8-13(14)17(27-30)29-10-20(11-29)4-5-28(3)9-20/h6-8H,4-5,9-11H2,1-3H3. The van der Waals surface area contributed by atoms with Crippen LogP contribution < -0.4 is 4.90 Å². The number of nitrogens with zero attached hydrogens (tertiary/aromatic N) is 7. The molecule has 2 fully saturated rings. The average Bonchev–Trinajstić information content (AvgIpc) is 3.20. The van der Waals surface area contributed by atoms with Crippen molar-refractivity contribution in [3.63, 3.8) is 0 Å². The molecule has 2 aliphatic rings. The van der Waals surface area contributed by atoms with Crippen LogP contribution in [0.15, 0.2) is 18.3 Å². The van der Waals surface area contributed by atoms with E-state index in [0.717, 1.165) is 44.3 Å². The Hall–Kier alpha value is -2.39. The number of pyridine rings is 1. The van der Waals surface area contributed by atoms with Gasteiger partial charge in [-0.3, -0.25) is 0 Å². The van der Waals surface area contributed by atoms with Crippen molar-refractivity contribution >= 4 is 28.3 Å². The van der Waals surface area contributed by atoms with Gasteiger partial charge >= 0.3 is 5.92 Å². The summed E-state index contributed by atoms with van der Waals surface area (Å²) < 4.78 is 29.4. The highest BCUT2D eigenvalue weighted by molar-refractivity contribution is 6.30. The summed E-state index contributed by atoms with van der Waals surface area (Å²) >= 11 is 6.14. The number of halogens is 3. The van der Waals surface area contributed by atoms with Gasteiger partial charge in [0.2, 0.25) is 5.82 Å².